The number of anilines is 2. The Hall–Kier alpha value is -1.89. The van der Waals surface area contributed by atoms with Gasteiger partial charge < -0.3 is 10.4 Å². The first-order chi connectivity index (χ1) is 8.49. The molecule has 0 radical (unpaired) electrons. The van der Waals surface area contributed by atoms with E-state index in [0.717, 1.165) is 0 Å². The van der Waals surface area contributed by atoms with E-state index >= 15 is 0 Å². The van der Waals surface area contributed by atoms with Crippen LogP contribution in [0, 0.1) is 5.82 Å². The maximum atomic E-state index is 13.9. The molecule has 0 saturated heterocycles. The average Bonchev–Trinajstić information content (AvgIpc) is 2.70. The molecule has 1 aromatic carbocycles. The van der Waals surface area contributed by atoms with Gasteiger partial charge in [0, 0.05) is 19.3 Å². The van der Waals surface area contributed by atoms with Crippen LogP contribution in [0.1, 0.15) is 10.4 Å². The Morgan fingerprint density at radius 2 is 2.22 bits per heavy atom. The maximum absolute atomic E-state index is 13.9. The van der Waals surface area contributed by atoms with Crippen molar-refractivity contribution in [1.82, 2.24) is 9.78 Å². The number of benzene rings is 1. The zero-order chi connectivity index (χ0) is 13.3. The summed E-state index contributed by atoms with van der Waals surface area (Å²) in [5, 5.41) is 15.7. The Morgan fingerprint density at radius 1 is 1.50 bits per heavy atom. The fourth-order valence-corrected chi connectivity index (χ4v) is 1.95. The van der Waals surface area contributed by atoms with Crippen LogP contribution in [0.2, 0.25) is 0 Å². The average molecular weight is 314 g/mol. The van der Waals surface area contributed by atoms with Crippen LogP contribution in [0.3, 0.4) is 0 Å². The highest BCUT2D eigenvalue weighted by Crippen LogP contribution is 2.28. The van der Waals surface area contributed by atoms with Crippen LogP contribution in [-0.2, 0) is 7.05 Å². The van der Waals surface area contributed by atoms with E-state index in [4.69, 9.17) is 5.11 Å². The minimum Gasteiger partial charge on any atom is -0.478 e. The standard InChI is InChI=1S/C11H9BrFN3O2/c1-16-5-4-8(15-16)14-7-3-2-6(11(17)18)9(12)10(7)13/h2-5H,1H3,(H,14,15)(H,17,18). The largest absolute Gasteiger partial charge is 0.478 e. The lowest BCUT2D eigenvalue weighted by Crippen LogP contribution is -2.02. The topological polar surface area (TPSA) is 67.2 Å². The quantitative estimate of drug-likeness (QED) is 0.914. The summed E-state index contributed by atoms with van der Waals surface area (Å²) in [6, 6.07) is 4.36. The molecule has 2 aromatic rings. The smallest absolute Gasteiger partial charge is 0.336 e. The molecule has 0 fully saturated rings. The van der Waals surface area contributed by atoms with Crippen molar-refractivity contribution in [2.45, 2.75) is 0 Å². The highest BCUT2D eigenvalue weighted by molar-refractivity contribution is 9.10. The van der Waals surface area contributed by atoms with Crippen molar-refractivity contribution >= 4 is 33.4 Å². The molecule has 0 amide bonds. The molecule has 1 aromatic heterocycles. The monoisotopic (exact) mass is 313 g/mol. The molecule has 1 heterocycles. The molecule has 2 N–H and O–H groups in total. The molecule has 0 unspecified atom stereocenters. The number of hydrogen-bond donors (Lipinski definition) is 2. The lowest BCUT2D eigenvalue weighted by molar-refractivity contribution is 0.0695. The molecular formula is C11H9BrFN3O2. The molecule has 0 spiro atoms. The number of aromatic carboxylic acids is 1. The molecule has 0 atom stereocenters. The van der Waals surface area contributed by atoms with Crippen molar-refractivity contribution in [2.75, 3.05) is 5.32 Å². The maximum Gasteiger partial charge on any atom is 0.336 e. The van der Waals surface area contributed by atoms with Gasteiger partial charge in [-0.3, -0.25) is 4.68 Å². The van der Waals surface area contributed by atoms with Gasteiger partial charge in [-0.05, 0) is 28.1 Å². The van der Waals surface area contributed by atoms with Gasteiger partial charge in [0.05, 0.1) is 15.7 Å². The molecule has 0 aliphatic carbocycles. The van der Waals surface area contributed by atoms with Crippen LogP contribution in [0.5, 0.6) is 0 Å². The number of halogens is 2. The summed E-state index contributed by atoms with van der Waals surface area (Å²) in [6.07, 6.45) is 1.71. The van der Waals surface area contributed by atoms with E-state index < -0.39 is 11.8 Å². The van der Waals surface area contributed by atoms with Gasteiger partial charge >= 0.3 is 5.97 Å². The van der Waals surface area contributed by atoms with E-state index in [0.29, 0.717) is 5.82 Å². The van der Waals surface area contributed by atoms with Gasteiger partial charge in [-0.1, -0.05) is 0 Å². The normalized spacial score (nSPS) is 10.4. The van der Waals surface area contributed by atoms with Crippen LogP contribution in [0.15, 0.2) is 28.9 Å². The third-order valence-corrected chi connectivity index (χ3v) is 3.06. The van der Waals surface area contributed by atoms with Gasteiger partial charge in [0.2, 0.25) is 0 Å². The van der Waals surface area contributed by atoms with Gasteiger partial charge in [-0.25, -0.2) is 9.18 Å². The zero-order valence-electron chi connectivity index (χ0n) is 9.32. The lowest BCUT2D eigenvalue weighted by atomic mass is 10.2. The Balaban J connectivity index is 2.35. The van der Waals surface area contributed by atoms with Crippen molar-refractivity contribution in [1.29, 1.82) is 0 Å². The summed E-state index contributed by atoms with van der Waals surface area (Å²) in [5.41, 5.74) is 0.0321. The number of hydrogen-bond acceptors (Lipinski definition) is 3. The molecular weight excluding hydrogens is 305 g/mol. The summed E-state index contributed by atoms with van der Waals surface area (Å²) in [4.78, 5) is 10.8. The van der Waals surface area contributed by atoms with Crippen LogP contribution in [0.25, 0.3) is 0 Å². The SMILES string of the molecule is Cn1ccc(Nc2ccc(C(=O)O)c(Br)c2F)n1. The van der Waals surface area contributed by atoms with Gasteiger partial charge in [0.15, 0.2) is 11.6 Å². The Bertz CT molecular complexity index is 612. The van der Waals surface area contributed by atoms with Crippen molar-refractivity contribution < 1.29 is 14.3 Å². The Morgan fingerprint density at radius 3 is 2.78 bits per heavy atom. The van der Waals surface area contributed by atoms with Gasteiger partial charge in [-0.15, -0.1) is 0 Å². The second-order valence-corrected chi connectivity index (χ2v) is 4.39. The van der Waals surface area contributed by atoms with E-state index in [1.807, 2.05) is 0 Å². The fraction of sp³-hybridized carbons (Fsp3) is 0.0909. The number of aromatic nitrogens is 2. The van der Waals surface area contributed by atoms with Crippen LogP contribution in [-0.4, -0.2) is 20.9 Å². The minimum atomic E-state index is -1.19. The van der Waals surface area contributed by atoms with Crippen molar-refractivity contribution in [2.24, 2.45) is 7.05 Å². The van der Waals surface area contributed by atoms with E-state index in [-0.39, 0.29) is 15.7 Å². The number of carboxylic acids is 1. The number of aryl methyl sites for hydroxylation is 1. The first-order valence-corrected chi connectivity index (χ1v) is 5.76. The molecule has 0 bridgehead atoms. The summed E-state index contributed by atoms with van der Waals surface area (Å²) >= 11 is 2.93. The van der Waals surface area contributed by atoms with Crippen LogP contribution < -0.4 is 5.32 Å². The predicted molar refractivity (Wildman–Crippen MR) is 67.6 cm³/mol. The van der Waals surface area contributed by atoms with Gasteiger partial charge in [0.25, 0.3) is 0 Å². The first kappa shape index (κ1) is 12.6. The predicted octanol–water partition coefficient (Wildman–Crippen LogP) is 2.76. The second kappa shape index (κ2) is 4.77. The zero-order valence-corrected chi connectivity index (χ0v) is 10.9. The summed E-state index contributed by atoms with van der Waals surface area (Å²) < 4.78 is 15.4. The summed E-state index contributed by atoms with van der Waals surface area (Å²) in [7, 11) is 1.74. The third kappa shape index (κ3) is 2.35. The highest BCUT2D eigenvalue weighted by atomic mass is 79.9. The molecule has 0 aliphatic rings. The van der Waals surface area contributed by atoms with Gasteiger partial charge in [0.1, 0.15) is 0 Å². The molecule has 0 saturated carbocycles. The van der Waals surface area contributed by atoms with Crippen molar-refractivity contribution in [3.63, 3.8) is 0 Å². The Labute approximate surface area is 110 Å². The molecule has 18 heavy (non-hydrogen) atoms. The van der Waals surface area contributed by atoms with E-state index in [2.05, 4.69) is 26.3 Å². The lowest BCUT2D eigenvalue weighted by Gasteiger charge is -2.07. The molecule has 94 valence electrons. The summed E-state index contributed by atoms with van der Waals surface area (Å²) in [6.45, 7) is 0. The van der Waals surface area contributed by atoms with Gasteiger partial charge in [-0.2, -0.15) is 5.10 Å². The molecule has 0 aliphatic heterocycles. The highest BCUT2D eigenvalue weighted by Gasteiger charge is 2.16. The first-order valence-electron chi connectivity index (χ1n) is 4.97. The number of nitrogens with zero attached hydrogens (tertiary/aromatic N) is 2. The van der Waals surface area contributed by atoms with E-state index in [1.54, 1.807) is 24.0 Å². The Kier molecular flexibility index (Phi) is 3.33. The number of rotatable bonds is 3. The summed E-state index contributed by atoms with van der Waals surface area (Å²) in [5.74, 6) is -1.38. The number of nitrogens with one attached hydrogen (secondary N) is 1. The van der Waals surface area contributed by atoms with Crippen LogP contribution in [0.4, 0.5) is 15.9 Å². The number of carbonyl (C=O) groups is 1. The molecule has 5 nitrogen and oxygen atoms in total. The van der Waals surface area contributed by atoms with Crippen molar-refractivity contribution in [3.05, 3.63) is 40.2 Å². The number of carboxylic acid groups (broad SMARTS) is 1. The second-order valence-electron chi connectivity index (χ2n) is 3.59. The van der Waals surface area contributed by atoms with Crippen molar-refractivity contribution in [3.8, 4) is 0 Å². The molecule has 2 rings (SSSR count). The molecule has 7 heteroatoms. The van der Waals surface area contributed by atoms with Crippen LogP contribution >= 0.6 is 15.9 Å². The fourth-order valence-electron chi connectivity index (χ4n) is 1.43. The van der Waals surface area contributed by atoms with E-state index in [9.17, 15) is 9.18 Å². The minimum absolute atomic E-state index is 0.0871. The third-order valence-electron chi connectivity index (χ3n) is 2.29. The van der Waals surface area contributed by atoms with E-state index in [1.165, 1.54) is 12.1 Å².